The summed E-state index contributed by atoms with van der Waals surface area (Å²) in [5.74, 6) is -1.08. The first-order valence-electron chi connectivity index (χ1n) is 12.3. The van der Waals surface area contributed by atoms with Crippen LogP contribution in [0.25, 0.3) is 0 Å². The molecule has 2 aromatic rings. The highest BCUT2D eigenvalue weighted by molar-refractivity contribution is 5.88. The zero-order chi connectivity index (χ0) is 29.3. The Labute approximate surface area is 222 Å². The monoisotopic (exact) mass is 559 g/mol. The number of likely N-dealkylation sites (tertiary alicyclic amines) is 1. The molecule has 0 saturated carbocycles. The van der Waals surface area contributed by atoms with Crippen LogP contribution in [0, 0.1) is 0 Å². The second kappa shape index (κ2) is 11.1. The number of urea groups is 1. The van der Waals surface area contributed by atoms with E-state index in [1.54, 1.807) is 18.2 Å². The molecule has 1 aliphatic rings. The summed E-state index contributed by atoms with van der Waals surface area (Å²) in [4.78, 5) is 29.3. The molecule has 12 heteroatoms. The fourth-order valence-electron chi connectivity index (χ4n) is 4.75. The highest BCUT2D eigenvalue weighted by atomic mass is 19.4. The average molecular weight is 560 g/mol. The molecule has 1 saturated heterocycles. The minimum absolute atomic E-state index is 0.00882. The van der Waals surface area contributed by atoms with Gasteiger partial charge in [0.05, 0.1) is 28.7 Å². The number of halogens is 6. The van der Waals surface area contributed by atoms with E-state index in [9.17, 15) is 41.0 Å². The zero-order valence-electron chi connectivity index (χ0n) is 21.9. The summed E-state index contributed by atoms with van der Waals surface area (Å²) in [5.41, 5.74) is -4.38. The number of benzene rings is 2. The van der Waals surface area contributed by atoms with Crippen LogP contribution in [-0.4, -0.2) is 65.7 Å². The first-order chi connectivity index (χ1) is 17.9. The molecule has 214 valence electrons. The van der Waals surface area contributed by atoms with Gasteiger partial charge in [0, 0.05) is 32.6 Å². The highest BCUT2D eigenvalue weighted by Crippen LogP contribution is 2.40. The van der Waals surface area contributed by atoms with Gasteiger partial charge >= 0.3 is 18.4 Å². The molecule has 3 amide bonds. The Bertz CT molecular complexity index is 1150. The van der Waals surface area contributed by atoms with Crippen LogP contribution in [-0.2, 0) is 22.6 Å². The quantitative estimate of drug-likeness (QED) is 0.489. The Morgan fingerprint density at radius 1 is 0.974 bits per heavy atom. The first kappa shape index (κ1) is 30.3. The van der Waals surface area contributed by atoms with Gasteiger partial charge in [-0.15, -0.1) is 0 Å². The van der Waals surface area contributed by atoms with Crippen LogP contribution in [0.1, 0.15) is 48.9 Å². The smallest absolute Gasteiger partial charge is 0.392 e. The van der Waals surface area contributed by atoms with Crippen molar-refractivity contribution in [3.63, 3.8) is 0 Å². The van der Waals surface area contributed by atoms with Gasteiger partial charge in [-0.25, -0.2) is 4.79 Å². The molecule has 0 aromatic heterocycles. The number of carbonyl (C=O) groups is 2. The molecule has 2 N–H and O–H groups in total. The van der Waals surface area contributed by atoms with Gasteiger partial charge in [-0.1, -0.05) is 30.3 Å². The van der Waals surface area contributed by atoms with Crippen LogP contribution in [0.3, 0.4) is 0 Å². The number of alkyl halides is 6. The van der Waals surface area contributed by atoms with Gasteiger partial charge < -0.3 is 20.2 Å². The van der Waals surface area contributed by atoms with Crippen LogP contribution in [0.5, 0.6) is 0 Å². The van der Waals surface area contributed by atoms with Gasteiger partial charge in [0.1, 0.15) is 0 Å². The molecule has 2 aromatic carbocycles. The average Bonchev–Trinajstić information content (AvgIpc) is 3.31. The van der Waals surface area contributed by atoms with Crippen molar-refractivity contribution in [3.8, 4) is 0 Å². The third kappa shape index (κ3) is 6.84. The van der Waals surface area contributed by atoms with Gasteiger partial charge in [-0.3, -0.25) is 4.79 Å². The largest absolute Gasteiger partial charge is 0.416 e. The summed E-state index contributed by atoms with van der Waals surface area (Å²) in [7, 11) is 1.43. The maximum atomic E-state index is 13.8. The van der Waals surface area contributed by atoms with Crippen molar-refractivity contribution in [2.45, 2.75) is 56.6 Å². The summed E-state index contributed by atoms with van der Waals surface area (Å²) in [6, 6.07) is 9.09. The van der Waals surface area contributed by atoms with Crippen LogP contribution < -0.4 is 5.32 Å². The SMILES string of the molecule is C[C@H](O)CNC(=O)N1CC(c2ccccc2)[C@H](N(C)C(=O)C(C)(C)c2cc(C(F)(F)F)cc(C(F)(F)F)c2)C1. The van der Waals surface area contributed by atoms with Gasteiger partial charge in [0.15, 0.2) is 0 Å². The van der Waals surface area contributed by atoms with E-state index in [1.165, 1.54) is 37.6 Å². The lowest BCUT2D eigenvalue weighted by Gasteiger charge is -2.36. The molecule has 0 spiro atoms. The fourth-order valence-corrected chi connectivity index (χ4v) is 4.75. The van der Waals surface area contributed by atoms with Crippen molar-refractivity contribution in [2.24, 2.45) is 0 Å². The fraction of sp³-hybridized carbons (Fsp3) is 0.481. The molecule has 0 radical (unpaired) electrons. The third-order valence-electron chi connectivity index (χ3n) is 7.01. The molecule has 1 heterocycles. The molecule has 0 bridgehead atoms. The number of likely N-dealkylation sites (N-methyl/N-ethyl adjacent to an activating group) is 1. The van der Waals surface area contributed by atoms with E-state index in [-0.39, 0.29) is 31.6 Å². The number of nitrogens with one attached hydrogen (secondary N) is 1. The third-order valence-corrected chi connectivity index (χ3v) is 7.01. The topological polar surface area (TPSA) is 72.9 Å². The van der Waals surface area contributed by atoms with Crippen LogP contribution in [0.4, 0.5) is 31.1 Å². The highest BCUT2D eigenvalue weighted by Gasteiger charge is 2.45. The standard InChI is InChI=1S/C27H31F6N3O3/c1-16(37)13-34-24(39)36-14-21(17-8-6-5-7-9-17)22(15-36)35(4)23(38)25(2,3)18-10-19(26(28,29)30)12-20(11-18)27(31,32)33/h5-12,16,21-22,37H,13-15H2,1-4H3,(H,34,39)/t16-,21?,22+/m0/s1. The van der Waals surface area contributed by atoms with E-state index in [4.69, 9.17) is 0 Å². The zero-order valence-corrected chi connectivity index (χ0v) is 21.9. The van der Waals surface area contributed by atoms with E-state index in [0.29, 0.717) is 12.1 Å². The molecular formula is C27H31F6N3O3. The maximum Gasteiger partial charge on any atom is 0.416 e. The predicted molar refractivity (Wildman–Crippen MR) is 132 cm³/mol. The number of nitrogens with zero attached hydrogens (tertiary/aromatic N) is 2. The minimum atomic E-state index is -5.05. The lowest BCUT2D eigenvalue weighted by Crippen LogP contribution is -2.49. The molecule has 1 unspecified atom stereocenters. The summed E-state index contributed by atoms with van der Waals surface area (Å²) in [5, 5.41) is 12.1. The normalized spacial score (nSPS) is 19.1. The summed E-state index contributed by atoms with van der Waals surface area (Å²) in [6.45, 7) is 4.35. The maximum absolute atomic E-state index is 13.8. The molecule has 1 fully saturated rings. The van der Waals surface area contributed by atoms with Crippen molar-refractivity contribution >= 4 is 11.9 Å². The molecular weight excluding hydrogens is 528 g/mol. The van der Waals surface area contributed by atoms with E-state index in [2.05, 4.69) is 5.32 Å². The van der Waals surface area contributed by atoms with Crippen LogP contribution >= 0.6 is 0 Å². The summed E-state index contributed by atoms with van der Waals surface area (Å²) in [6.07, 6.45) is -10.9. The van der Waals surface area contributed by atoms with Gasteiger partial charge in [0.2, 0.25) is 5.91 Å². The van der Waals surface area contributed by atoms with Crippen LogP contribution in [0.15, 0.2) is 48.5 Å². The summed E-state index contributed by atoms with van der Waals surface area (Å²) < 4.78 is 80.9. The Kier molecular flexibility index (Phi) is 8.59. The molecule has 0 aliphatic carbocycles. The second-order valence-electron chi connectivity index (χ2n) is 10.4. The van der Waals surface area contributed by atoms with Gasteiger partial charge in [0.25, 0.3) is 0 Å². The Hall–Kier alpha value is -3.28. The molecule has 1 aliphatic heterocycles. The molecule has 6 nitrogen and oxygen atoms in total. The van der Waals surface area contributed by atoms with Crippen molar-refractivity contribution < 1.29 is 41.0 Å². The van der Waals surface area contributed by atoms with E-state index >= 15 is 0 Å². The van der Waals surface area contributed by atoms with E-state index in [1.807, 2.05) is 12.1 Å². The van der Waals surface area contributed by atoms with Gasteiger partial charge in [-0.05, 0) is 50.1 Å². The predicted octanol–water partition coefficient (Wildman–Crippen LogP) is 5.02. The van der Waals surface area contributed by atoms with Crippen molar-refractivity contribution in [1.82, 2.24) is 15.1 Å². The first-order valence-corrected chi connectivity index (χ1v) is 12.3. The Morgan fingerprint density at radius 2 is 1.49 bits per heavy atom. The van der Waals surface area contributed by atoms with Crippen LogP contribution in [0.2, 0.25) is 0 Å². The number of amides is 3. The minimum Gasteiger partial charge on any atom is -0.392 e. The Balaban J connectivity index is 1.97. The lowest BCUT2D eigenvalue weighted by molar-refractivity contribution is -0.144. The Morgan fingerprint density at radius 3 is 1.97 bits per heavy atom. The lowest BCUT2D eigenvalue weighted by atomic mass is 9.80. The van der Waals surface area contributed by atoms with Crippen molar-refractivity contribution in [1.29, 1.82) is 0 Å². The number of aliphatic hydroxyl groups is 1. The number of aliphatic hydroxyl groups excluding tert-OH is 1. The number of carbonyl (C=O) groups excluding carboxylic acids is 2. The van der Waals surface area contributed by atoms with E-state index < -0.39 is 58.5 Å². The van der Waals surface area contributed by atoms with Gasteiger partial charge in [-0.2, -0.15) is 26.3 Å². The van der Waals surface area contributed by atoms with Crippen molar-refractivity contribution in [3.05, 3.63) is 70.8 Å². The number of hydrogen-bond donors (Lipinski definition) is 2. The van der Waals surface area contributed by atoms with E-state index in [0.717, 1.165) is 5.56 Å². The number of rotatable bonds is 6. The second-order valence-corrected chi connectivity index (χ2v) is 10.4. The van der Waals surface area contributed by atoms with Crippen molar-refractivity contribution in [2.75, 3.05) is 26.7 Å². The molecule has 39 heavy (non-hydrogen) atoms. The summed E-state index contributed by atoms with van der Waals surface area (Å²) >= 11 is 0. The molecule has 3 rings (SSSR count). The molecule has 3 atom stereocenters. The number of hydrogen-bond acceptors (Lipinski definition) is 3.